The SMILES string of the molecule is OC(Cc1ccc(Br)cc1Cl)c1cc2ccccc2o1. The van der Waals surface area contributed by atoms with Crippen molar-refractivity contribution in [2.24, 2.45) is 0 Å². The number of furan rings is 1. The van der Waals surface area contributed by atoms with E-state index in [-0.39, 0.29) is 0 Å². The molecule has 102 valence electrons. The Hall–Kier alpha value is -1.29. The van der Waals surface area contributed by atoms with Gasteiger partial charge < -0.3 is 9.52 Å². The molecule has 4 heteroatoms. The van der Waals surface area contributed by atoms with Crippen LogP contribution in [0.3, 0.4) is 0 Å². The van der Waals surface area contributed by atoms with E-state index in [1.165, 1.54) is 0 Å². The second kappa shape index (κ2) is 5.60. The van der Waals surface area contributed by atoms with Gasteiger partial charge in [-0.15, -0.1) is 0 Å². The van der Waals surface area contributed by atoms with Gasteiger partial charge in [0, 0.05) is 21.3 Å². The molecule has 3 aromatic rings. The average molecular weight is 352 g/mol. The summed E-state index contributed by atoms with van der Waals surface area (Å²) in [7, 11) is 0. The lowest BCUT2D eigenvalue weighted by Gasteiger charge is -2.09. The summed E-state index contributed by atoms with van der Waals surface area (Å²) in [6, 6.07) is 15.2. The Balaban J connectivity index is 1.86. The van der Waals surface area contributed by atoms with E-state index in [0.29, 0.717) is 17.2 Å². The molecular formula is C16H12BrClO2. The second-order valence-electron chi connectivity index (χ2n) is 4.64. The largest absolute Gasteiger partial charge is 0.458 e. The van der Waals surface area contributed by atoms with Gasteiger partial charge in [0.1, 0.15) is 17.4 Å². The van der Waals surface area contributed by atoms with E-state index in [1.54, 1.807) is 0 Å². The molecule has 0 spiro atoms. The summed E-state index contributed by atoms with van der Waals surface area (Å²) < 4.78 is 6.58. The molecular weight excluding hydrogens is 340 g/mol. The van der Waals surface area contributed by atoms with Gasteiger partial charge in [-0.1, -0.05) is 51.8 Å². The van der Waals surface area contributed by atoms with Gasteiger partial charge in [0.15, 0.2) is 0 Å². The van der Waals surface area contributed by atoms with Gasteiger partial charge >= 0.3 is 0 Å². The molecule has 0 saturated heterocycles. The Bertz CT molecular complexity index is 718. The van der Waals surface area contributed by atoms with Crippen LogP contribution in [0.1, 0.15) is 17.4 Å². The van der Waals surface area contributed by atoms with Gasteiger partial charge in [-0.3, -0.25) is 0 Å². The monoisotopic (exact) mass is 350 g/mol. The number of aliphatic hydroxyl groups is 1. The van der Waals surface area contributed by atoms with Gasteiger partial charge in [0.25, 0.3) is 0 Å². The minimum absolute atomic E-state index is 0.423. The van der Waals surface area contributed by atoms with Crippen molar-refractivity contribution in [3.05, 3.63) is 69.3 Å². The molecule has 20 heavy (non-hydrogen) atoms. The summed E-state index contributed by atoms with van der Waals surface area (Å²) in [5.74, 6) is 0.560. The summed E-state index contributed by atoms with van der Waals surface area (Å²) >= 11 is 9.53. The van der Waals surface area contributed by atoms with Gasteiger partial charge in [-0.2, -0.15) is 0 Å². The van der Waals surface area contributed by atoms with Crippen LogP contribution >= 0.6 is 27.5 Å². The molecule has 0 aliphatic rings. The first kappa shape index (κ1) is 13.7. The highest BCUT2D eigenvalue weighted by molar-refractivity contribution is 9.10. The molecule has 0 bridgehead atoms. The Morgan fingerprint density at radius 1 is 1.15 bits per heavy atom. The molecule has 0 radical (unpaired) electrons. The third-order valence-corrected chi connectivity index (χ3v) is 4.05. The maximum atomic E-state index is 10.3. The van der Waals surface area contributed by atoms with Crippen molar-refractivity contribution in [2.75, 3.05) is 0 Å². The predicted molar refractivity (Wildman–Crippen MR) is 84.0 cm³/mol. The quantitative estimate of drug-likeness (QED) is 0.710. The molecule has 0 saturated carbocycles. The van der Waals surface area contributed by atoms with E-state index in [9.17, 15) is 5.11 Å². The Labute approximate surface area is 130 Å². The number of hydrogen-bond acceptors (Lipinski definition) is 2. The van der Waals surface area contributed by atoms with E-state index in [2.05, 4.69) is 15.9 Å². The molecule has 0 amide bonds. The van der Waals surface area contributed by atoms with Crippen molar-refractivity contribution in [3.8, 4) is 0 Å². The number of hydrogen-bond donors (Lipinski definition) is 1. The lowest BCUT2D eigenvalue weighted by molar-refractivity contribution is 0.152. The first-order chi connectivity index (χ1) is 9.63. The molecule has 3 rings (SSSR count). The predicted octanol–water partition coefficient (Wildman–Crippen LogP) is 5.12. The van der Waals surface area contributed by atoms with Crippen LogP contribution < -0.4 is 0 Å². The van der Waals surface area contributed by atoms with Crippen molar-refractivity contribution >= 4 is 38.5 Å². The second-order valence-corrected chi connectivity index (χ2v) is 5.97. The van der Waals surface area contributed by atoms with E-state index < -0.39 is 6.10 Å². The van der Waals surface area contributed by atoms with Crippen molar-refractivity contribution in [1.29, 1.82) is 0 Å². The molecule has 0 aliphatic carbocycles. The topological polar surface area (TPSA) is 33.4 Å². The number of fused-ring (bicyclic) bond motifs is 1. The fraction of sp³-hybridized carbons (Fsp3) is 0.125. The van der Waals surface area contributed by atoms with E-state index >= 15 is 0 Å². The lowest BCUT2D eigenvalue weighted by Crippen LogP contribution is -2.00. The van der Waals surface area contributed by atoms with Crippen LogP contribution in [0.5, 0.6) is 0 Å². The Kier molecular flexibility index (Phi) is 3.83. The van der Waals surface area contributed by atoms with Crippen LogP contribution in [0.4, 0.5) is 0 Å². The first-order valence-corrected chi connectivity index (χ1v) is 7.41. The molecule has 1 unspecified atom stereocenters. The van der Waals surface area contributed by atoms with Gasteiger partial charge in [-0.05, 0) is 29.8 Å². The van der Waals surface area contributed by atoms with Crippen molar-refractivity contribution in [3.63, 3.8) is 0 Å². The lowest BCUT2D eigenvalue weighted by atomic mass is 10.1. The fourth-order valence-corrected chi connectivity index (χ4v) is 2.91. The summed E-state index contributed by atoms with van der Waals surface area (Å²) in [6.45, 7) is 0. The number of halogens is 2. The highest BCUT2D eigenvalue weighted by atomic mass is 79.9. The Morgan fingerprint density at radius 3 is 2.70 bits per heavy atom. The number of rotatable bonds is 3. The summed E-state index contributed by atoms with van der Waals surface area (Å²) in [5.41, 5.74) is 1.67. The number of aliphatic hydroxyl groups excluding tert-OH is 1. The van der Waals surface area contributed by atoms with Crippen LogP contribution in [0.2, 0.25) is 5.02 Å². The van der Waals surface area contributed by atoms with Crippen LogP contribution in [-0.4, -0.2) is 5.11 Å². The molecule has 2 nitrogen and oxygen atoms in total. The molecule has 2 aromatic carbocycles. The Morgan fingerprint density at radius 2 is 1.95 bits per heavy atom. The summed E-state index contributed by atoms with van der Waals surface area (Å²) in [6.07, 6.45) is -0.285. The summed E-state index contributed by atoms with van der Waals surface area (Å²) in [4.78, 5) is 0. The highest BCUT2D eigenvalue weighted by Crippen LogP contribution is 2.29. The molecule has 1 aromatic heterocycles. The van der Waals surface area contributed by atoms with Gasteiger partial charge in [0.05, 0.1) is 0 Å². The van der Waals surface area contributed by atoms with Crippen molar-refractivity contribution < 1.29 is 9.52 Å². The van der Waals surface area contributed by atoms with Crippen LogP contribution in [0.15, 0.2) is 57.4 Å². The van der Waals surface area contributed by atoms with Crippen LogP contribution in [0.25, 0.3) is 11.0 Å². The maximum absolute atomic E-state index is 10.3. The normalized spacial score (nSPS) is 12.8. The molecule has 0 fully saturated rings. The zero-order valence-corrected chi connectivity index (χ0v) is 12.9. The van der Waals surface area contributed by atoms with Crippen LogP contribution in [0, 0.1) is 0 Å². The summed E-state index contributed by atoms with van der Waals surface area (Å²) in [5, 5.41) is 11.9. The molecule has 1 N–H and O–H groups in total. The standard InChI is InChI=1S/C16H12BrClO2/c17-12-6-5-10(13(18)9-12)7-14(19)16-8-11-3-1-2-4-15(11)20-16/h1-6,8-9,14,19H,7H2. The minimum atomic E-state index is -0.707. The molecule has 0 aliphatic heterocycles. The van der Waals surface area contributed by atoms with Crippen LogP contribution in [-0.2, 0) is 6.42 Å². The first-order valence-electron chi connectivity index (χ1n) is 6.24. The van der Waals surface area contributed by atoms with Gasteiger partial charge in [0.2, 0.25) is 0 Å². The maximum Gasteiger partial charge on any atom is 0.134 e. The van der Waals surface area contributed by atoms with Gasteiger partial charge in [-0.25, -0.2) is 0 Å². The van der Waals surface area contributed by atoms with Crippen molar-refractivity contribution in [2.45, 2.75) is 12.5 Å². The molecule has 1 atom stereocenters. The average Bonchev–Trinajstić information content (AvgIpc) is 2.86. The van der Waals surface area contributed by atoms with E-state index in [1.807, 2.05) is 48.5 Å². The minimum Gasteiger partial charge on any atom is -0.458 e. The van der Waals surface area contributed by atoms with E-state index in [4.69, 9.17) is 16.0 Å². The number of para-hydroxylation sites is 1. The van der Waals surface area contributed by atoms with E-state index in [0.717, 1.165) is 21.0 Å². The smallest absolute Gasteiger partial charge is 0.134 e. The molecule has 1 heterocycles. The zero-order valence-electron chi connectivity index (χ0n) is 10.5. The highest BCUT2D eigenvalue weighted by Gasteiger charge is 2.15. The third kappa shape index (κ3) is 2.75. The number of benzene rings is 2. The zero-order chi connectivity index (χ0) is 14.1. The third-order valence-electron chi connectivity index (χ3n) is 3.20. The van der Waals surface area contributed by atoms with Crippen molar-refractivity contribution in [1.82, 2.24) is 0 Å². The fourth-order valence-electron chi connectivity index (χ4n) is 2.16.